The van der Waals surface area contributed by atoms with Gasteiger partial charge >= 0.3 is 0 Å². The van der Waals surface area contributed by atoms with Crippen LogP contribution in [0.25, 0.3) is 0 Å². The standard InChI is InChI=1S/C25H52N2O3/c1-2-3-4-5-6-7-8-9-10-11-12-13-14-15-16-18-25(30)26-19-17-20-27(21-23-28)22-24-29/h28-29H,2-24H2,1H3,(H,26,30). The SMILES string of the molecule is CCCCCCCCCCCCCCCCCC(=O)NCCCN(CCO)CCO. The van der Waals surface area contributed by atoms with Crippen LogP contribution < -0.4 is 5.32 Å². The van der Waals surface area contributed by atoms with Gasteiger partial charge < -0.3 is 15.5 Å². The van der Waals surface area contributed by atoms with Crippen molar-refractivity contribution in [1.29, 1.82) is 0 Å². The Labute approximate surface area is 187 Å². The fourth-order valence-corrected chi connectivity index (χ4v) is 3.89. The molecule has 1 amide bonds. The first-order valence-electron chi connectivity index (χ1n) is 12.9. The van der Waals surface area contributed by atoms with Crippen LogP contribution in [0.2, 0.25) is 0 Å². The van der Waals surface area contributed by atoms with Gasteiger partial charge in [-0.25, -0.2) is 0 Å². The number of amides is 1. The molecule has 0 fully saturated rings. The zero-order valence-corrected chi connectivity index (χ0v) is 20.0. The number of nitrogens with one attached hydrogen (secondary N) is 1. The molecule has 0 unspecified atom stereocenters. The van der Waals surface area contributed by atoms with E-state index in [4.69, 9.17) is 10.2 Å². The molecule has 5 nitrogen and oxygen atoms in total. The molecule has 0 spiro atoms. The first kappa shape index (κ1) is 29.4. The van der Waals surface area contributed by atoms with Crippen LogP contribution in [-0.4, -0.2) is 60.4 Å². The Morgan fingerprint density at radius 1 is 0.633 bits per heavy atom. The normalized spacial score (nSPS) is 11.3. The molecule has 30 heavy (non-hydrogen) atoms. The molecule has 0 atom stereocenters. The molecular weight excluding hydrogens is 376 g/mol. The summed E-state index contributed by atoms with van der Waals surface area (Å²) in [5.74, 6) is 0.153. The number of carbonyl (C=O) groups excluding carboxylic acids is 1. The van der Waals surface area contributed by atoms with E-state index in [0.29, 0.717) is 26.1 Å². The van der Waals surface area contributed by atoms with E-state index >= 15 is 0 Å². The molecule has 0 aliphatic rings. The Hall–Kier alpha value is -0.650. The van der Waals surface area contributed by atoms with Crippen LogP contribution in [0.1, 0.15) is 116 Å². The smallest absolute Gasteiger partial charge is 0.219 e. The lowest BCUT2D eigenvalue weighted by Crippen LogP contribution is -2.33. The molecule has 0 aromatic rings. The molecule has 3 N–H and O–H groups in total. The number of hydrogen-bond donors (Lipinski definition) is 3. The van der Waals surface area contributed by atoms with Gasteiger partial charge in [0.25, 0.3) is 0 Å². The van der Waals surface area contributed by atoms with E-state index in [1.54, 1.807) is 0 Å². The van der Waals surface area contributed by atoms with E-state index in [9.17, 15) is 4.79 Å². The Balaban J connectivity index is 3.28. The van der Waals surface area contributed by atoms with Crippen LogP contribution in [0, 0.1) is 0 Å². The zero-order chi connectivity index (χ0) is 22.1. The average Bonchev–Trinajstić information content (AvgIpc) is 2.74. The minimum Gasteiger partial charge on any atom is -0.395 e. The molecule has 5 heteroatoms. The highest BCUT2D eigenvalue weighted by atomic mass is 16.3. The summed E-state index contributed by atoms with van der Waals surface area (Å²) in [6.45, 7) is 5.10. The van der Waals surface area contributed by atoms with Crippen molar-refractivity contribution < 1.29 is 15.0 Å². The summed E-state index contributed by atoms with van der Waals surface area (Å²) >= 11 is 0. The summed E-state index contributed by atoms with van der Waals surface area (Å²) in [6.07, 6.45) is 21.6. The van der Waals surface area contributed by atoms with Crippen LogP contribution in [0.5, 0.6) is 0 Å². The van der Waals surface area contributed by atoms with E-state index in [1.807, 2.05) is 4.90 Å². The van der Waals surface area contributed by atoms with Gasteiger partial charge in [0, 0.05) is 26.1 Å². The second-order valence-electron chi connectivity index (χ2n) is 8.69. The van der Waals surface area contributed by atoms with Crippen LogP contribution >= 0.6 is 0 Å². The number of rotatable bonds is 24. The van der Waals surface area contributed by atoms with Gasteiger partial charge in [0.1, 0.15) is 0 Å². The molecule has 0 aromatic carbocycles. The second-order valence-corrected chi connectivity index (χ2v) is 8.69. The Kier molecular flexibility index (Phi) is 24.1. The lowest BCUT2D eigenvalue weighted by atomic mass is 10.0. The van der Waals surface area contributed by atoms with Crippen molar-refractivity contribution in [2.24, 2.45) is 0 Å². The highest BCUT2D eigenvalue weighted by Crippen LogP contribution is 2.13. The average molecular weight is 429 g/mol. The summed E-state index contributed by atoms with van der Waals surface area (Å²) in [4.78, 5) is 13.9. The predicted molar refractivity (Wildman–Crippen MR) is 128 cm³/mol. The van der Waals surface area contributed by atoms with E-state index in [2.05, 4.69) is 12.2 Å². The van der Waals surface area contributed by atoms with Crippen molar-refractivity contribution in [2.45, 2.75) is 116 Å². The molecule has 0 saturated carbocycles. The maximum absolute atomic E-state index is 11.9. The highest BCUT2D eigenvalue weighted by molar-refractivity contribution is 5.75. The molecule has 180 valence electrons. The van der Waals surface area contributed by atoms with Crippen molar-refractivity contribution >= 4 is 5.91 Å². The van der Waals surface area contributed by atoms with Crippen LogP contribution in [0.15, 0.2) is 0 Å². The van der Waals surface area contributed by atoms with Crippen molar-refractivity contribution in [2.75, 3.05) is 39.4 Å². The number of unbranched alkanes of at least 4 members (excludes halogenated alkanes) is 14. The van der Waals surface area contributed by atoms with E-state index in [1.165, 1.54) is 83.5 Å². The summed E-state index contributed by atoms with van der Waals surface area (Å²) in [5.41, 5.74) is 0. The van der Waals surface area contributed by atoms with Crippen molar-refractivity contribution in [3.05, 3.63) is 0 Å². The van der Waals surface area contributed by atoms with E-state index < -0.39 is 0 Å². The van der Waals surface area contributed by atoms with Gasteiger partial charge in [0.2, 0.25) is 5.91 Å². The third-order valence-electron chi connectivity index (χ3n) is 5.81. The molecule has 0 radical (unpaired) electrons. The van der Waals surface area contributed by atoms with Crippen LogP contribution in [-0.2, 0) is 4.79 Å². The van der Waals surface area contributed by atoms with Crippen molar-refractivity contribution in [3.8, 4) is 0 Å². The molecular formula is C25H52N2O3. The second kappa shape index (κ2) is 24.6. The molecule has 0 saturated heterocycles. The van der Waals surface area contributed by atoms with E-state index in [0.717, 1.165) is 25.8 Å². The van der Waals surface area contributed by atoms with Gasteiger partial charge in [-0.1, -0.05) is 96.8 Å². The number of aliphatic hydroxyl groups excluding tert-OH is 2. The van der Waals surface area contributed by atoms with Gasteiger partial charge in [-0.15, -0.1) is 0 Å². The quantitative estimate of drug-likeness (QED) is 0.188. The minimum absolute atomic E-state index is 0.103. The largest absolute Gasteiger partial charge is 0.395 e. The maximum atomic E-state index is 11.9. The molecule has 0 bridgehead atoms. The molecule has 0 aliphatic carbocycles. The number of carbonyl (C=O) groups is 1. The number of aliphatic hydroxyl groups is 2. The third kappa shape index (κ3) is 22.0. The Morgan fingerprint density at radius 3 is 1.50 bits per heavy atom. The van der Waals surface area contributed by atoms with E-state index in [-0.39, 0.29) is 19.1 Å². The van der Waals surface area contributed by atoms with Gasteiger partial charge in [-0.05, 0) is 19.4 Å². The van der Waals surface area contributed by atoms with Crippen LogP contribution in [0.3, 0.4) is 0 Å². The summed E-state index contributed by atoms with van der Waals surface area (Å²) < 4.78 is 0. The number of nitrogens with zero attached hydrogens (tertiary/aromatic N) is 1. The van der Waals surface area contributed by atoms with Gasteiger partial charge in [-0.2, -0.15) is 0 Å². The Morgan fingerprint density at radius 2 is 1.07 bits per heavy atom. The predicted octanol–water partition coefficient (Wildman–Crippen LogP) is 5.04. The van der Waals surface area contributed by atoms with Gasteiger partial charge in [-0.3, -0.25) is 9.69 Å². The molecule has 0 aliphatic heterocycles. The van der Waals surface area contributed by atoms with Gasteiger partial charge in [0.05, 0.1) is 13.2 Å². The Bertz CT molecular complexity index is 347. The molecule has 0 heterocycles. The lowest BCUT2D eigenvalue weighted by Gasteiger charge is -2.19. The minimum atomic E-state index is 0.103. The molecule has 0 aromatic heterocycles. The zero-order valence-electron chi connectivity index (χ0n) is 20.0. The fourth-order valence-electron chi connectivity index (χ4n) is 3.89. The van der Waals surface area contributed by atoms with Crippen molar-refractivity contribution in [1.82, 2.24) is 10.2 Å². The first-order valence-corrected chi connectivity index (χ1v) is 12.9. The highest BCUT2D eigenvalue weighted by Gasteiger charge is 2.04. The third-order valence-corrected chi connectivity index (χ3v) is 5.81. The maximum Gasteiger partial charge on any atom is 0.219 e. The first-order chi connectivity index (χ1) is 14.7. The van der Waals surface area contributed by atoms with Gasteiger partial charge in [0.15, 0.2) is 0 Å². The fraction of sp³-hybridized carbons (Fsp3) is 0.960. The summed E-state index contributed by atoms with van der Waals surface area (Å²) in [6, 6.07) is 0. The lowest BCUT2D eigenvalue weighted by molar-refractivity contribution is -0.121. The molecule has 0 rings (SSSR count). The summed E-state index contributed by atoms with van der Waals surface area (Å²) in [7, 11) is 0. The summed E-state index contributed by atoms with van der Waals surface area (Å²) in [5, 5.41) is 20.9. The number of hydrogen-bond acceptors (Lipinski definition) is 4. The topological polar surface area (TPSA) is 72.8 Å². The van der Waals surface area contributed by atoms with Crippen molar-refractivity contribution in [3.63, 3.8) is 0 Å². The monoisotopic (exact) mass is 428 g/mol. The van der Waals surface area contributed by atoms with Crippen LogP contribution in [0.4, 0.5) is 0 Å².